The van der Waals surface area contributed by atoms with Gasteiger partial charge < -0.3 is 0 Å². The Hall–Kier alpha value is -1.51. The molecule has 0 unspecified atom stereocenters. The summed E-state index contributed by atoms with van der Waals surface area (Å²) in [4.78, 5) is 0.158. The van der Waals surface area contributed by atoms with Crippen molar-refractivity contribution in [3.63, 3.8) is 0 Å². The summed E-state index contributed by atoms with van der Waals surface area (Å²) in [6.07, 6.45) is 1.43. The van der Waals surface area contributed by atoms with Gasteiger partial charge in [-0.05, 0) is 29.8 Å². The topological polar surface area (TPSA) is 64.8 Å². The molecule has 0 radical (unpaired) electrons. The standard InChI is InChI=1S/C15H11Br2N3O2S/c16-9-11-3-1-2-4-14(11)15-10-20(19-18-15)23(21,22)13-7-5-12(17)6-8-13/h1-8,10H,9H2. The van der Waals surface area contributed by atoms with Crippen LogP contribution in [0.15, 0.2) is 64.1 Å². The van der Waals surface area contributed by atoms with Gasteiger partial charge in [0.05, 0.1) is 11.1 Å². The lowest BCUT2D eigenvalue weighted by Gasteiger charge is -2.04. The lowest BCUT2D eigenvalue weighted by Crippen LogP contribution is -2.13. The second-order valence-electron chi connectivity index (χ2n) is 4.73. The third-order valence-electron chi connectivity index (χ3n) is 3.27. The first-order chi connectivity index (χ1) is 11.0. The van der Waals surface area contributed by atoms with E-state index < -0.39 is 10.0 Å². The third kappa shape index (κ3) is 3.24. The molecule has 0 aliphatic heterocycles. The number of benzene rings is 2. The van der Waals surface area contributed by atoms with Gasteiger partial charge in [0.25, 0.3) is 10.0 Å². The number of rotatable bonds is 4. The van der Waals surface area contributed by atoms with E-state index in [2.05, 4.69) is 42.2 Å². The molecular formula is C15H11Br2N3O2S. The molecule has 0 spiro atoms. The maximum absolute atomic E-state index is 12.6. The third-order valence-corrected chi connectivity index (χ3v) is 5.94. The Balaban J connectivity index is 2.03. The van der Waals surface area contributed by atoms with Crippen LogP contribution in [0.2, 0.25) is 0 Å². The molecule has 1 aromatic heterocycles. The summed E-state index contributed by atoms with van der Waals surface area (Å²) in [7, 11) is -3.75. The number of aromatic nitrogens is 3. The molecule has 5 nitrogen and oxygen atoms in total. The van der Waals surface area contributed by atoms with Crippen LogP contribution < -0.4 is 0 Å². The van der Waals surface area contributed by atoms with Crippen molar-refractivity contribution < 1.29 is 8.42 Å². The van der Waals surface area contributed by atoms with E-state index in [9.17, 15) is 8.42 Å². The van der Waals surface area contributed by atoms with E-state index in [0.717, 1.165) is 19.7 Å². The van der Waals surface area contributed by atoms with Crippen molar-refractivity contribution in [3.05, 3.63) is 64.8 Å². The number of hydrogen-bond acceptors (Lipinski definition) is 4. The second-order valence-corrected chi connectivity index (χ2v) is 8.00. The van der Waals surface area contributed by atoms with Crippen LogP contribution in [-0.2, 0) is 15.4 Å². The van der Waals surface area contributed by atoms with Crippen LogP contribution in [0, 0.1) is 0 Å². The minimum Gasteiger partial charge on any atom is -0.199 e. The van der Waals surface area contributed by atoms with Gasteiger partial charge in [-0.1, -0.05) is 61.3 Å². The minimum atomic E-state index is -3.75. The predicted molar refractivity (Wildman–Crippen MR) is 94.8 cm³/mol. The second kappa shape index (κ2) is 6.54. The summed E-state index contributed by atoms with van der Waals surface area (Å²) in [6.45, 7) is 0. The van der Waals surface area contributed by atoms with Gasteiger partial charge >= 0.3 is 0 Å². The lowest BCUT2D eigenvalue weighted by molar-refractivity contribution is 0.577. The van der Waals surface area contributed by atoms with Crippen molar-refractivity contribution in [2.75, 3.05) is 0 Å². The molecule has 23 heavy (non-hydrogen) atoms. The molecule has 0 aliphatic rings. The first-order valence-corrected chi connectivity index (χ1v) is 9.95. The molecule has 0 atom stereocenters. The summed E-state index contributed by atoms with van der Waals surface area (Å²) in [5.41, 5.74) is 2.38. The summed E-state index contributed by atoms with van der Waals surface area (Å²) in [6, 6.07) is 14.0. The molecule has 118 valence electrons. The van der Waals surface area contributed by atoms with Crippen LogP contribution >= 0.6 is 31.9 Å². The van der Waals surface area contributed by atoms with E-state index in [1.807, 2.05) is 24.3 Å². The molecule has 2 aromatic carbocycles. The van der Waals surface area contributed by atoms with E-state index in [1.54, 1.807) is 12.1 Å². The molecule has 0 saturated carbocycles. The minimum absolute atomic E-state index is 0.158. The SMILES string of the molecule is O=S(=O)(c1ccc(Br)cc1)n1cc(-c2ccccc2CBr)nn1. The van der Waals surface area contributed by atoms with Crippen LogP contribution in [0.25, 0.3) is 11.3 Å². The highest BCUT2D eigenvalue weighted by Crippen LogP contribution is 2.24. The van der Waals surface area contributed by atoms with E-state index in [-0.39, 0.29) is 4.90 Å². The zero-order chi connectivity index (χ0) is 16.4. The number of hydrogen-bond donors (Lipinski definition) is 0. The van der Waals surface area contributed by atoms with Crippen molar-refractivity contribution in [1.82, 2.24) is 14.4 Å². The lowest BCUT2D eigenvalue weighted by atomic mass is 10.1. The van der Waals surface area contributed by atoms with Gasteiger partial charge in [-0.25, -0.2) is 0 Å². The molecule has 1 heterocycles. The van der Waals surface area contributed by atoms with Gasteiger partial charge in [0.1, 0.15) is 5.69 Å². The van der Waals surface area contributed by atoms with Crippen LogP contribution in [0.3, 0.4) is 0 Å². The molecular weight excluding hydrogens is 446 g/mol. The van der Waals surface area contributed by atoms with Crippen molar-refractivity contribution >= 4 is 41.9 Å². The Bertz CT molecular complexity index is 937. The average Bonchev–Trinajstić information content (AvgIpc) is 3.06. The maximum Gasteiger partial charge on any atom is 0.284 e. The molecule has 0 fully saturated rings. The monoisotopic (exact) mass is 455 g/mol. The molecule has 0 saturated heterocycles. The van der Waals surface area contributed by atoms with Crippen LogP contribution in [0.5, 0.6) is 0 Å². The Morgan fingerprint density at radius 1 is 1.04 bits per heavy atom. The molecule has 0 N–H and O–H groups in total. The zero-order valence-electron chi connectivity index (χ0n) is 11.7. The molecule has 0 aliphatic carbocycles. The van der Waals surface area contributed by atoms with E-state index in [1.165, 1.54) is 18.3 Å². The van der Waals surface area contributed by atoms with Crippen LogP contribution in [-0.4, -0.2) is 22.8 Å². The van der Waals surface area contributed by atoms with Crippen molar-refractivity contribution in [3.8, 4) is 11.3 Å². The van der Waals surface area contributed by atoms with Crippen LogP contribution in [0.4, 0.5) is 0 Å². The maximum atomic E-state index is 12.6. The van der Waals surface area contributed by atoms with Gasteiger partial charge in [0.2, 0.25) is 0 Å². The van der Waals surface area contributed by atoms with Gasteiger partial charge in [-0.2, -0.15) is 8.42 Å². The summed E-state index contributed by atoms with van der Waals surface area (Å²) < 4.78 is 26.9. The highest BCUT2D eigenvalue weighted by atomic mass is 79.9. The Morgan fingerprint density at radius 2 is 1.74 bits per heavy atom. The predicted octanol–water partition coefficient (Wildman–Crippen LogP) is 3.84. The highest BCUT2D eigenvalue weighted by Gasteiger charge is 2.20. The van der Waals surface area contributed by atoms with Crippen molar-refractivity contribution in [1.29, 1.82) is 0 Å². The first kappa shape index (κ1) is 16.4. The molecule has 0 bridgehead atoms. The normalized spacial score (nSPS) is 11.6. The Labute approximate surface area is 150 Å². The fourth-order valence-electron chi connectivity index (χ4n) is 2.09. The molecule has 0 amide bonds. The number of halogens is 2. The van der Waals surface area contributed by atoms with E-state index in [4.69, 9.17) is 0 Å². The van der Waals surface area contributed by atoms with Gasteiger partial charge in [0.15, 0.2) is 0 Å². The molecule has 3 rings (SSSR count). The largest absolute Gasteiger partial charge is 0.284 e. The smallest absolute Gasteiger partial charge is 0.199 e. The van der Waals surface area contributed by atoms with Gasteiger partial charge in [-0.3, -0.25) is 0 Å². The van der Waals surface area contributed by atoms with Crippen molar-refractivity contribution in [2.45, 2.75) is 10.2 Å². The average molecular weight is 457 g/mol. The highest BCUT2D eigenvalue weighted by molar-refractivity contribution is 9.10. The molecule has 3 aromatic rings. The molecule has 8 heteroatoms. The Morgan fingerprint density at radius 3 is 2.43 bits per heavy atom. The van der Waals surface area contributed by atoms with Crippen molar-refractivity contribution in [2.24, 2.45) is 0 Å². The van der Waals surface area contributed by atoms with E-state index in [0.29, 0.717) is 11.0 Å². The quantitative estimate of drug-likeness (QED) is 0.559. The summed E-state index contributed by atoms with van der Waals surface area (Å²) >= 11 is 6.70. The fourth-order valence-corrected chi connectivity index (χ4v) is 3.91. The van der Waals surface area contributed by atoms with Gasteiger partial charge in [0, 0.05) is 15.4 Å². The Kier molecular flexibility index (Phi) is 4.65. The summed E-state index contributed by atoms with van der Waals surface area (Å²) in [5.74, 6) is 0. The zero-order valence-corrected chi connectivity index (χ0v) is 15.7. The number of alkyl halides is 1. The first-order valence-electron chi connectivity index (χ1n) is 6.60. The summed E-state index contributed by atoms with van der Waals surface area (Å²) in [5, 5.41) is 8.45. The fraction of sp³-hybridized carbons (Fsp3) is 0.0667. The van der Waals surface area contributed by atoms with E-state index >= 15 is 0 Å². The van der Waals surface area contributed by atoms with Gasteiger partial charge in [-0.15, -0.1) is 9.19 Å². The number of nitrogens with zero attached hydrogens (tertiary/aromatic N) is 3. The van der Waals surface area contributed by atoms with Crippen LogP contribution in [0.1, 0.15) is 5.56 Å².